The van der Waals surface area contributed by atoms with Crippen LogP contribution in [0.5, 0.6) is 0 Å². The summed E-state index contributed by atoms with van der Waals surface area (Å²) in [6.07, 6.45) is 2.21. The topological polar surface area (TPSA) is 46.1 Å². The molecule has 0 aliphatic rings. The van der Waals surface area contributed by atoms with Gasteiger partial charge in [-0.25, -0.2) is 4.98 Å². The summed E-state index contributed by atoms with van der Waals surface area (Å²) in [6, 6.07) is 22.2. The molecule has 0 atom stereocenters. The average molecular weight is 448 g/mol. The fourth-order valence-corrected chi connectivity index (χ4v) is 5.24. The highest BCUT2D eigenvalue weighted by atomic mass is 32.2. The number of hydrogen-bond donors (Lipinski definition) is 0. The van der Waals surface area contributed by atoms with Gasteiger partial charge in [-0.15, -0.1) is 11.8 Å². The standard InChI is InChI=1S/C25H25N3OS2/c1-18(2)21-12-8-13-22-24(21)27-25(31-22)28(17-19-9-6-7-15-26-19)23(29)14-16-30-20-10-4-3-5-11-20/h3-13,15,18H,14,16-17H2,1-2H3. The molecule has 158 valence electrons. The lowest BCUT2D eigenvalue weighted by Crippen LogP contribution is -2.30. The number of amides is 1. The van der Waals surface area contributed by atoms with Crippen molar-refractivity contribution in [2.75, 3.05) is 10.7 Å². The number of aromatic nitrogens is 2. The summed E-state index contributed by atoms with van der Waals surface area (Å²) in [6.45, 7) is 4.77. The summed E-state index contributed by atoms with van der Waals surface area (Å²) in [5.74, 6) is 1.17. The zero-order valence-electron chi connectivity index (χ0n) is 17.7. The Kier molecular flexibility index (Phi) is 6.99. The highest BCUT2D eigenvalue weighted by Gasteiger charge is 2.21. The molecule has 2 aromatic heterocycles. The first kappa shape index (κ1) is 21.5. The van der Waals surface area contributed by atoms with Crippen LogP contribution < -0.4 is 4.90 Å². The molecular weight excluding hydrogens is 422 g/mol. The van der Waals surface area contributed by atoms with Gasteiger partial charge in [-0.2, -0.15) is 0 Å². The van der Waals surface area contributed by atoms with E-state index in [9.17, 15) is 4.79 Å². The van der Waals surface area contributed by atoms with Crippen molar-refractivity contribution in [3.8, 4) is 0 Å². The summed E-state index contributed by atoms with van der Waals surface area (Å²) in [5, 5.41) is 0.739. The van der Waals surface area contributed by atoms with Crippen LogP contribution in [0.1, 0.15) is 37.4 Å². The first-order chi connectivity index (χ1) is 15.1. The number of thiazole rings is 1. The Labute approximate surface area is 191 Å². The second-order valence-corrected chi connectivity index (χ2v) is 9.74. The molecule has 0 aliphatic heterocycles. The fraction of sp³-hybridized carbons (Fsp3) is 0.240. The Morgan fingerprint density at radius 2 is 1.84 bits per heavy atom. The normalized spacial score (nSPS) is 11.2. The zero-order chi connectivity index (χ0) is 21.6. The van der Waals surface area contributed by atoms with Gasteiger partial charge < -0.3 is 0 Å². The molecule has 0 fully saturated rings. The molecule has 6 heteroatoms. The molecule has 1 amide bonds. The number of para-hydroxylation sites is 1. The number of fused-ring (bicyclic) bond motifs is 1. The summed E-state index contributed by atoms with van der Waals surface area (Å²) in [4.78, 5) is 25.6. The number of thioether (sulfide) groups is 1. The van der Waals surface area contributed by atoms with Crippen LogP contribution in [-0.4, -0.2) is 21.6 Å². The van der Waals surface area contributed by atoms with Gasteiger partial charge >= 0.3 is 0 Å². The summed E-state index contributed by atoms with van der Waals surface area (Å²) < 4.78 is 1.11. The van der Waals surface area contributed by atoms with Crippen molar-refractivity contribution in [1.82, 2.24) is 9.97 Å². The van der Waals surface area contributed by atoms with Crippen molar-refractivity contribution in [1.29, 1.82) is 0 Å². The minimum atomic E-state index is 0.0687. The molecule has 0 radical (unpaired) electrons. The van der Waals surface area contributed by atoms with Gasteiger partial charge in [0, 0.05) is 23.3 Å². The highest BCUT2D eigenvalue weighted by molar-refractivity contribution is 7.99. The van der Waals surface area contributed by atoms with Crippen LogP contribution in [0.25, 0.3) is 10.2 Å². The maximum atomic E-state index is 13.3. The van der Waals surface area contributed by atoms with Crippen molar-refractivity contribution < 1.29 is 4.79 Å². The van der Waals surface area contributed by atoms with E-state index in [2.05, 4.69) is 49.2 Å². The molecular formula is C25H25N3OS2. The quantitative estimate of drug-likeness (QED) is 0.288. The van der Waals surface area contributed by atoms with Gasteiger partial charge in [0.15, 0.2) is 5.13 Å². The van der Waals surface area contributed by atoms with Crippen molar-refractivity contribution in [3.63, 3.8) is 0 Å². The summed E-state index contributed by atoms with van der Waals surface area (Å²) in [5.41, 5.74) is 3.06. The Hall–Kier alpha value is -2.70. The van der Waals surface area contributed by atoms with Gasteiger partial charge in [-0.05, 0) is 41.8 Å². The molecule has 0 saturated carbocycles. The number of hydrogen-bond acceptors (Lipinski definition) is 5. The van der Waals surface area contributed by atoms with Gasteiger partial charge in [-0.1, -0.05) is 61.6 Å². The number of rotatable bonds is 8. The predicted octanol–water partition coefficient (Wildman–Crippen LogP) is 6.53. The van der Waals surface area contributed by atoms with Gasteiger partial charge in [-0.3, -0.25) is 14.7 Å². The summed E-state index contributed by atoms with van der Waals surface area (Å²) in [7, 11) is 0. The largest absolute Gasteiger partial charge is 0.282 e. The Morgan fingerprint density at radius 1 is 1.03 bits per heavy atom. The van der Waals surface area contributed by atoms with Gasteiger partial charge in [0.05, 0.1) is 22.5 Å². The highest BCUT2D eigenvalue weighted by Crippen LogP contribution is 2.34. The Bertz CT molecular complexity index is 1140. The van der Waals surface area contributed by atoms with E-state index < -0.39 is 0 Å². The summed E-state index contributed by atoms with van der Waals surface area (Å²) >= 11 is 3.27. The molecule has 0 aliphatic carbocycles. The molecule has 0 bridgehead atoms. The van der Waals surface area contributed by atoms with E-state index in [4.69, 9.17) is 4.98 Å². The van der Waals surface area contributed by atoms with Crippen LogP contribution in [0.3, 0.4) is 0 Å². The predicted molar refractivity (Wildman–Crippen MR) is 131 cm³/mol. The molecule has 2 heterocycles. The maximum Gasteiger partial charge on any atom is 0.229 e. The molecule has 0 spiro atoms. The Balaban J connectivity index is 1.59. The van der Waals surface area contributed by atoms with Crippen LogP contribution >= 0.6 is 23.1 Å². The van der Waals surface area contributed by atoms with E-state index in [1.165, 1.54) is 10.5 Å². The van der Waals surface area contributed by atoms with Crippen molar-refractivity contribution >= 4 is 44.4 Å². The zero-order valence-corrected chi connectivity index (χ0v) is 19.3. The monoisotopic (exact) mass is 447 g/mol. The van der Waals surface area contributed by atoms with E-state index in [-0.39, 0.29) is 5.91 Å². The molecule has 0 unspecified atom stereocenters. The van der Waals surface area contributed by atoms with Crippen molar-refractivity contribution in [2.45, 2.75) is 37.6 Å². The number of carbonyl (C=O) groups is 1. The molecule has 2 aromatic carbocycles. The third kappa shape index (κ3) is 5.32. The average Bonchev–Trinajstić information content (AvgIpc) is 3.22. The second-order valence-electron chi connectivity index (χ2n) is 7.56. The first-order valence-electron chi connectivity index (χ1n) is 10.4. The number of carbonyl (C=O) groups excluding carboxylic acids is 1. The SMILES string of the molecule is CC(C)c1cccc2sc(N(Cc3ccccn3)C(=O)CCSc3ccccc3)nc12. The minimum absolute atomic E-state index is 0.0687. The number of pyridine rings is 1. The molecule has 0 N–H and O–H groups in total. The van der Waals surface area contributed by atoms with Crippen LogP contribution in [0, 0.1) is 0 Å². The van der Waals surface area contributed by atoms with Gasteiger partial charge in [0.2, 0.25) is 5.91 Å². The van der Waals surface area contributed by atoms with Crippen LogP contribution in [-0.2, 0) is 11.3 Å². The van der Waals surface area contributed by atoms with Crippen molar-refractivity contribution in [3.05, 3.63) is 84.2 Å². The van der Waals surface area contributed by atoms with Crippen LogP contribution in [0.15, 0.2) is 77.8 Å². The molecule has 0 saturated heterocycles. The van der Waals surface area contributed by atoms with E-state index in [0.717, 1.165) is 26.8 Å². The lowest BCUT2D eigenvalue weighted by atomic mass is 10.0. The number of benzene rings is 2. The lowest BCUT2D eigenvalue weighted by molar-refractivity contribution is -0.118. The third-order valence-electron chi connectivity index (χ3n) is 4.97. The van der Waals surface area contributed by atoms with Crippen LogP contribution in [0.2, 0.25) is 0 Å². The lowest BCUT2D eigenvalue weighted by Gasteiger charge is -2.19. The van der Waals surface area contributed by atoms with Gasteiger partial charge in [0.25, 0.3) is 0 Å². The van der Waals surface area contributed by atoms with E-state index in [1.807, 2.05) is 36.4 Å². The smallest absolute Gasteiger partial charge is 0.229 e. The molecule has 4 rings (SSSR count). The molecule has 4 nitrogen and oxygen atoms in total. The van der Waals surface area contributed by atoms with Gasteiger partial charge in [0.1, 0.15) is 0 Å². The molecule has 31 heavy (non-hydrogen) atoms. The van der Waals surface area contributed by atoms with Crippen LogP contribution in [0.4, 0.5) is 5.13 Å². The second kappa shape index (κ2) is 10.1. The first-order valence-corrected chi connectivity index (χ1v) is 12.2. The number of anilines is 1. The Morgan fingerprint density at radius 3 is 2.58 bits per heavy atom. The maximum absolute atomic E-state index is 13.3. The van der Waals surface area contributed by atoms with Crippen molar-refractivity contribution in [2.24, 2.45) is 0 Å². The third-order valence-corrected chi connectivity index (χ3v) is 7.02. The fourth-order valence-electron chi connectivity index (χ4n) is 3.36. The molecule has 4 aromatic rings. The van der Waals surface area contributed by atoms with E-state index in [0.29, 0.717) is 18.9 Å². The van der Waals surface area contributed by atoms with E-state index in [1.54, 1.807) is 34.2 Å². The number of nitrogens with zero attached hydrogens (tertiary/aromatic N) is 3. The minimum Gasteiger partial charge on any atom is -0.282 e. The van der Waals surface area contributed by atoms with E-state index >= 15 is 0 Å².